The third-order valence-electron chi connectivity index (χ3n) is 7.38. The van der Waals surface area contributed by atoms with Gasteiger partial charge < -0.3 is 21.4 Å². The highest BCUT2D eigenvalue weighted by Gasteiger charge is 2.33. The van der Waals surface area contributed by atoms with Crippen LogP contribution in [0.2, 0.25) is 0 Å². The number of rotatable bonds is 11. The first kappa shape index (κ1) is 22.9. The number of nitrogens with zero attached hydrogens (tertiary/aromatic N) is 2. The van der Waals surface area contributed by atoms with Gasteiger partial charge in [-0.15, -0.1) is 0 Å². The van der Waals surface area contributed by atoms with Gasteiger partial charge in [0.1, 0.15) is 0 Å². The average Bonchev–Trinajstić information content (AvgIpc) is 3.23. The minimum atomic E-state index is 0.146. The molecule has 2 unspecified atom stereocenters. The van der Waals surface area contributed by atoms with Crippen molar-refractivity contribution in [3.63, 3.8) is 0 Å². The number of hydrogen-bond donors (Lipinski definition) is 4. The Morgan fingerprint density at radius 2 is 2.03 bits per heavy atom. The second-order valence-electron chi connectivity index (χ2n) is 9.92. The van der Waals surface area contributed by atoms with Gasteiger partial charge in [-0.25, -0.2) is 4.98 Å². The van der Waals surface area contributed by atoms with E-state index < -0.39 is 0 Å². The monoisotopic (exact) mass is 440 g/mol. The van der Waals surface area contributed by atoms with Crippen LogP contribution in [0, 0.1) is 11.8 Å². The zero-order valence-corrected chi connectivity index (χ0v) is 19.5. The summed E-state index contributed by atoms with van der Waals surface area (Å²) in [6.45, 7) is 9.62. The van der Waals surface area contributed by atoms with Crippen LogP contribution < -0.4 is 16.4 Å². The molecule has 1 aromatic heterocycles. The highest BCUT2D eigenvalue weighted by Crippen LogP contribution is 2.39. The standard InChI is InChI=1S/C25H40N6O/c1-17(7-10-22(26)24-29-15-23(30-24)19-8-9-19)18(2)27-12-13-28-25(32)20-11-14-31(16-20)21-5-3-4-6-21/h10,15,17,19-21,27H,2-9,11-14,16,26H2,1H3,(H,28,32)(H,29,30)/b22-10-. The van der Waals surface area contributed by atoms with Crippen LogP contribution in [0.4, 0.5) is 0 Å². The summed E-state index contributed by atoms with van der Waals surface area (Å²) in [6, 6.07) is 0.718. The Labute approximate surface area is 192 Å². The lowest BCUT2D eigenvalue weighted by Crippen LogP contribution is -2.38. The van der Waals surface area contributed by atoms with Gasteiger partial charge in [0.25, 0.3) is 0 Å². The van der Waals surface area contributed by atoms with Gasteiger partial charge in [0, 0.05) is 49.2 Å². The summed E-state index contributed by atoms with van der Waals surface area (Å²) in [5.41, 5.74) is 9.06. The fraction of sp³-hybridized carbons (Fsp3) is 0.680. The predicted octanol–water partition coefficient (Wildman–Crippen LogP) is 3.10. The minimum absolute atomic E-state index is 0.146. The summed E-state index contributed by atoms with van der Waals surface area (Å²) in [7, 11) is 0. The molecular formula is C25H40N6O. The van der Waals surface area contributed by atoms with Gasteiger partial charge in [0.2, 0.25) is 5.91 Å². The van der Waals surface area contributed by atoms with Gasteiger partial charge in [0.15, 0.2) is 5.82 Å². The van der Waals surface area contributed by atoms with Crippen LogP contribution >= 0.6 is 0 Å². The van der Waals surface area contributed by atoms with Gasteiger partial charge in [0.05, 0.1) is 11.6 Å². The van der Waals surface area contributed by atoms with E-state index >= 15 is 0 Å². The highest BCUT2D eigenvalue weighted by molar-refractivity contribution is 5.79. The molecule has 3 fully saturated rings. The minimum Gasteiger partial charge on any atom is -0.396 e. The van der Waals surface area contributed by atoms with Gasteiger partial charge >= 0.3 is 0 Å². The summed E-state index contributed by atoms with van der Waals surface area (Å²) in [5.74, 6) is 2.00. The van der Waals surface area contributed by atoms with E-state index in [2.05, 4.69) is 39.0 Å². The molecule has 5 N–H and O–H groups in total. The number of carbonyl (C=O) groups excluding carboxylic acids is 1. The van der Waals surface area contributed by atoms with Gasteiger partial charge in [-0.05, 0) is 51.0 Å². The van der Waals surface area contributed by atoms with E-state index in [4.69, 9.17) is 5.73 Å². The molecule has 1 amide bonds. The van der Waals surface area contributed by atoms with Crippen molar-refractivity contribution in [3.8, 4) is 0 Å². The number of imidazole rings is 1. The Morgan fingerprint density at radius 1 is 1.28 bits per heavy atom. The third kappa shape index (κ3) is 5.94. The normalized spacial score (nSPS) is 23.4. The summed E-state index contributed by atoms with van der Waals surface area (Å²) in [6.07, 6.45) is 13.5. The maximum Gasteiger partial charge on any atom is 0.224 e. The molecular weight excluding hydrogens is 400 g/mol. The first-order valence-corrected chi connectivity index (χ1v) is 12.5. The van der Waals surface area contributed by atoms with Crippen molar-refractivity contribution in [3.05, 3.63) is 36.1 Å². The Bertz CT molecular complexity index is 820. The lowest BCUT2D eigenvalue weighted by atomic mass is 10.0. The van der Waals surface area contributed by atoms with E-state index in [9.17, 15) is 4.79 Å². The van der Waals surface area contributed by atoms with Crippen LogP contribution in [0.25, 0.3) is 5.70 Å². The van der Waals surface area contributed by atoms with Crippen LogP contribution in [0.15, 0.2) is 24.5 Å². The van der Waals surface area contributed by atoms with Crippen molar-refractivity contribution in [2.75, 3.05) is 26.2 Å². The maximum atomic E-state index is 12.5. The second-order valence-corrected chi connectivity index (χ2v) is 9.92. The topological polar surface area (TPSA) is 99.1 Å². The van der Waals surface area contributed by atoms with Crippen molar-refractivity contribution in [1.82, 2.24) is 25.5 Å². The van der Waals surface area contributed by atoms with E-state index in [-0.39, 0.29) is 17.7 Å². The number of aromatic nitrogens is 2. The molecule has 1 saturated heterocycles. The lowest BCUT2D eigenvalue weighted by molar-refractivity contribution is -0.124. The molecule has 2 atom stereocenters. The number of likely N-dealkylation sites (tertiary alicyclic amines) is 1. The first-order valence-electron chi connectivity index (χ1n) is 12.5. The molecule has 2 aliphatic carbocycles. The zero-order valence-electron chi connectivity index (χ0n) is 19.5. The number of carbonyl (C=O) groups is 1. The largest absolute Gasteiger partial charge is 0.396 e. The average molecular weight is 441 g/mol. The fourth-order valence-electron chi connectivity index (χ4n) is 4.96. The summed E-state index contributed by atoms with van der Waals surface area (Å²) < 4.78 is 0. The predicted molar refractivity (Wildman–Crippen MR) is 129 cm³/mol. The smallest absolute Gasteiger partial charge is 0.224 e. The zero-order chi connectivity index (χ0) is 22.5. The van der Waals surface area contributed by atoms with Gasteiger partial charge in [-0.3, -0.25) is 9.69 Å². The molecule has 3 aliphatic rings. The summed E-state index contributed by atoms with van der Waals surface area (Å²) in [5, 5.41) is 6.46. The molecule has 7 nitrogen and oxygen atoms in total. The van der Waals surface area contributed by atoms with Crippen LogP contribution in [0.3, 0.4) is 0 Å². The fourth-order valence-corrected chi connectivity index (χ4v) is 4.96. The van der Waals surface area contributed by atoms with E-state index in [0.29, 0.717) is 24.7 Å². The van der Waals surface area contributed by atoms with Crippen LogP contribution in [0.5, 0.6) is 0 Å². The molecule has 1 aliphatic heterocycles. The van der Waals surface area contributed by atoms with Crippen LogP contribution in [0.1, 0.15) is 75.7 Å². The molecule has 176 valence electrons. The van der Waals surface area contributed by atoms with Crippen LogP contribution in [-0.2, 0) is 4.79 Å². The van der Waals surface area contributed by atoms with E-state index in [1.807, 2.05) is 12.3 Å². The SMILES string of the molecule is C=C(NCCNC(=O)C1CCN(C2CCCC2)C1)C(C)C/C=C(\N)c1ncc(C2CC2)[nH]1. The summed E-state index contributed by atoms with van der Waals surface area (Å²) in [4.78, 5) is 22.8. The molecule has 7 heteroatoms. The third-order valence-corrected chi connectivity index (χ3v) is 7.38. The number of hydrogen-bond acceptors (Lipinski definition) is 5. The number of nitrogens with one attached hydrogen (secondary N) is 3. The number of allylic oxidation sites excluding steroid dienone is 2. The second kappa shape index (κ2) is 10.6. The van der Waals surface area contributed by atoms with Crippen molar-refractivity contribution in [2.45, 2.75) is 70.3 Å². The van der Waals surface area contributed by atoms with Crippen LogP contribution in [-0.4, -0.2) is 53.0 Å². The number of amides is 1. The molecule has 4 rings (SSSR count). The van der Waals surface area contributed by atoms with E-state index in [1.54, 1.807) is 0 Å². The molecule has 0 aromatic carbocycles. The number of nitrogens with two attached hydrogens (primary N) is 1. The lowest BCUT2D eigenvalue weighted by Gasteiger charge is -2.23. The molecule has 0 radical (unpaired) electrons. The molecule has 0 bridgehead atoms. The van der Waals surface area contributed by atoms with Crippen molar-refractivity contribution in [2.24, 2.45) is 17.6 Å². The first-order chi connectivity index (χ1) is 15.5. The molecule has 0 spiro atoms. The Balaban J connectivity index is 1.11. The quantitative estimate of drug-likeness (QED) is 0.396. The Morgan fingerprint density at radius 3 is 2.78 bits per heavy atom. The molecule has 32 heavy (non-hydrogen) atoms. The Hall–Kier alpha value is -2.28. The van der Waals surface area contributed by atoms with Crippen molar-refractivity contribution in [1.29, 1.82) is 0 Å². The van der Waals surface area contributed by atoms with Crippen molar-refractivity contribution < 1.29 is 4.79 Å². The number of aromatic amines is 1. The maximum absolute atomic E-state index is 12.5. The van der Waals surface area contributed by atoms with E-state index in [1.165, 1.54) is 44.2 Å². The van der Waals surface area contributed by atoms with Gasteiger partial charge in [-0.2, -0.15) is 0 Å². The van der Waals surface area contributed by atoms with E-state index in [0.717, 1.165) is 43.5 Å². The highest BCUT2D eigenvalue weighted by atomic mass is 16.1. The molecule has 2 heterocycles. The number of H-pyrrole nitrogens is 1. The summed E-state index contributed by atoms with van der Waals surface area (Å²) >= 11 is 0. The Kier molecular flexibility index (Phi) is 7.55. The molecule has 2 saturated carbocycles. The van der Waals surface area contributed by atoms with Crippen molar-refractivity contribution >= 4 is 11.6 Å². The van der Waals surface area contributed by atoms with Gasteiger partial charge in [-0.1, -0.05) is 32.4 Å². The molecule has 1 aromatic rings.